The highest BCUT2D eigenvalue weighted by molar-refractivity contribution is 5.79. The zero-order valence-corrected chi connectivity index (χ0v) is 13.2. The maximum Gasteiger partial charge on any atom is 0.226 e. The van der Waals surface area contributed by atoms with Crippen molar-refractivity contribution in [2.45, 2.75) is 52.0 Å². The van der Waals surface area contributed by atoms with E-state index in [1.54, 1.807) is 0 Å². The molecule has 2 aliphatic rings. The minimum atomic E-state index is 0.198. The molecule has 1 saturated carbocycles. The van der Waals surface area contributed by atoms with Gasteiger partial charge in [-0.2, -0.15) is 0 Å². The van der Waals surface area contributed by atoms with E-state index in [-0.39, 0.29) is 5.92 Å². The van der Waals surface area contributed by atoms with E-state index < -0.39 is 0 Å². The second-order valence-corrected chi connectivity index (χ2v) is 6.51. The molecule has 1 amide bonds. The Morgan fingerprint density at radius 3 is 2.45 bits per heavy atom. The fourth-order valence-electron chi connectivity index (χ4n) is 3.69. The minimum absolute atomic E-state index is 0.198. The molecular weight excluding hydrogens is 250 g/mol. The minimum Gasteiger partial charge on any atom is -0.340 e. The maximum atomic E-state index is 12.7. The lowest BCUT2D eigenvalue weighted by Crippen LogP contribution is -2.53. The lowest BCUT2D eigenvalue weighted by molar-refractivity contribution is -0.140. The molecule has 0 aromatic carbocycles. The second-order valence-electron chi connectivity index (χ2n) is 6.51. The van der Waals surface area contributed by atoms with Gasteiger partial charge in [-0.1, -0.05) is 19.8 Å². The van der Waals surface area contributed by atoms with E-state index in [4.69, 9.17) is 5.73 Å². The van der Waals surface area contributed by atoms with E-state index in [1.165, 1.54) is 19.3 Å². The number of piperazine rings is 1. The first-order valence-electron chi connectivity index (χ1n) is 8.40. The van der Waals surface area contributed by atoms with Gasteiger partial charge in [-0.05, 0) is 38.6 Å². The van der Waals surface area contributed by atoms with Gasteiger partial charge in [0.2, 0.25) is 5.91 Å². The van der Waals surface area contributed by atoms with Crippen LogP contribution in [0.3, 0.4) is 0 Å². The number of hydrogen-bond acceptors (Lipinski definition) is 3. The van der Waals surface area contributed by atoms with Gasteiger partial charge in [-0.25, -0.2) is 0 Å². The first-order chi connectivity index (χ1) is 9.67. The molecule has 1 aliphatic heterocycles. The first-order valence-corrected chi connectivity index (χ1v) is 8.40. The Kier molecular flexibility index (Phi) is 5.85. The Balaban J connectivity index is 1.87. The molecule has 20 heavy (non-hydrogen) atoms. The molecular formula is C16H31N3O. The van der Waals surface area contributed by atoms with Crippen LogP contribution in [0.5, 0.6) is 0 Å². The van der Waals surface area contributed by atoms with E-state index in [9.17, 15) is 4.79 Å². The van der Waals surface area contributed by atoms with Gasteiger partial charge in [0.05, 0.1) is 0 Å². The SMILES string of the molecule is CCC(C)N1CCN(C(=O)C2CCCCC2CN)CC1. The summed E-state index contributed by atoms with van der Waals surface area (Å²) in [5.74, 6) is 0.997. The molecule has 0 aromatic heterocycles. The highest BCUT2D eigenvalue weighted by atomic mass is 16.2. The van der Waals surface area contributed by atoms with Gasteiger partial charge >= 0.3 is 0 Å². The molecule has 4 heteroatoms. The van der Waals surface area contributed by atoms with Crippen LogP contribution in [0.25, 0.3) is 0 Å². The molecule has 116 valence electrons. The smallest absolute Gasteiger partial charge is 0.226 e. The summed E-state index contributed by atoms with van der Waals surface area (Å²) >= 11 is 0. The lowest BCUT2D eigenvalue weighted by Gasteiger charge is -2.40. The van der Waals surface area contributed by atoms with E-state index in [0.29, 0.717) is 24.4 Å². The number of nitrogens with two attached hydrogens (primary N) is 1. The fourth-order valence-corrected chi connectivity index (χ4v) is 3.69. The molecule has 3 unspecified atom stereocenters. The molecule has 0 spiro atoms. The largest absolute Gasteiger partial charge is 0.340 e. The Labute approximate surface area is 123 Å². The normalized spacial score (nSPS) is 30.2. The number of carbonyl (C=O) groups excluding carboxylic acids is 1. The average Bonchev–Trinajstić information content (AvgIpc) is 2.53. The van der Waals surface area contributed by atoms with Gasteiger partial charge < -0.3 is 10.6 Å². The zero-order chi connectivity index (χ0) is 14.5. The van der Waals surface area contributed by atoms with Crippen molar-refractivity contribution in [3.8, 4) is 0 Å². The van der Waals surface area contributed by atoms with Crippen molar-refractivity contribution in [2.24, 2.45) is 17.6 Å². The summed E-state index contributed by atoms with van der Waals surface area (Å²) in [6, 6.07) is 0.638. The number of rotatable bonds is 4. The second kappa shape index (κ2) is 7.41. The van der Waals surface area contributed by atoms with E-state index in [1.807, 2.05) is 0 Å². The molecule has 1 aliphatic carbocycles. The van der Waals surface area contributed by atoms with Crippen LogP contribution in [-0.4, -0.2) is 54.5 Å². The van der Waals surface area contributed by atoms with E-state index in [2.05, 4.69) is 23.6 Å². The fraction of sp³-hybridized carbons (Fsp3) is 0.938. The highest BCUT2D eigenvalue weighted by Gasteiger charge is 2.34. The Morgan fingerprint density at radius 2 is 1.85 bits per heavy atom. The predicted octanol–water partition coefficient (Wildman–Crippen LogP) is 1.69. The highest BCUT2D eigenvalue weighted by Crippen LogP contribution is 2.31. The lowest BCUT2D eigenvalue weighted by atomic mass is 9.78. The van der Waals surface area contributed by atoms with Gasteiger partial charge in [0.25, 0.3) is 0 Å². The molecule has 1 saturated heterocycles. The third-order valence-corrected chi connectivity index (χ3v) is 5.37. The number of nitrogens with zero attached hydrogens (tertiary/aromatic N) is 2. The monoisotopic (exact) mass is 281 g/mol. The van der Waals surface area contributed by atoms with Crippen LogP contribution in [0.4, 0.5) is 0 Å². The summed E-state index contributed by atoms with van der Waals surface area (Å²) in [4.78, 5) is 17.3. The van der Waals surface area contributed by atoms with Crippen molar-refractivity contribution in [1.82, 2.24) is 9.80 Å². The molecule has 0 bridgehead atoms. The van der Waals surface area contributed by atoms with Crippen LogP contribution in [0.2, 0.25) is 0 Å². The van der Waals surface area contributed by atoms with E-state index >= 15 is 0 Å². The Hall–Kier alpha value is -0.610. The standard InChI is InChI=1S/C16H31N3O/c1-3-13(2)18-8-10-19(11-9-18)16(20)15-7-5-4-6-14(15)12-17/h13-15H,3-12,17H2,1-2H3. The maximum absolute atomic E-state index is 12.7. The summed E-state index contributed by atoms with van der Waals surface area (Å²) in [6.45, 7) is 9.04. The van der Waals surface area contributed by atoms with Crippen LogP contribution < -0.4 is 5.73 Å². The van der Waals surface area contributed by atoms with Crippen LogP contribution in [0, 0.1) is 11.8 Å². The van der Waals surface area contributed by atoms with Crippen molar-refractivity contribution in [2.75, 3.05) is 32.7 Å². The molecule has 2 N–H and O–H groups in total. The third-order valence-electron chi connectivity index (χ3n) is 5.37. The van der Waals surface area contributed by atoms with Gasteiger partial charge in [-0.3, -0.25) is 9.69 Å². The van der Waals surface area contributed by atoms with Crippen LogP contribution in [0.15, 0.2) is 0 Å². The van der Waals surface area contributed by atoms with Gasteiger partial charge in [0, 0.05) is 38.1 Å². The third kappa shape index (κ3) is 3.53. The molecule has 3 atom stereocenters. The van der Waals surface area contributed by atoms with Gasteiger partial charge in [0.15, 0.2) is 0 Å². The molecule has 0 aromatic rings. The van der Waals surface area contributed by atoms with E-state index in [0.717, 1.165) is 39.0 Å². The molecule has 2 fully saturated rings. The number of amides is 1. The van der Waals surface area contributed by atoms with Crippen molar-refractivity contribution < 1.29 is 4.79 Å². The summed E-state index contributed by atoms with van der Waals surface area (Å²) in [5, 5.41) is 0. The van der Waals surface area contributed by atoms with Crippen LogP contribution in [-0.2, 0) is 4.79 Å². The zero-order valence-electron chi connectivity index (χ0n) is 13.2. The van der Waals surface area contributed by atoms with Gasteiger partial charge in [-0.15, -0.1) is 0 Å². The van der Waals surface area contributed by atoms with Crippen LogP contribution in [0.1, 0.15) is 46.0 Å². The summed E-state index contributed by atoms with van der Waals surface area (Å²) in [7, 11) is 0. The van der Waals surface area contributed by atoms with Crippen LogP contribution >= 0.6 is 0 Å². The molecule has 0 radical (unpaired) electrons. The van der Waals surface area contributed by atoms with Crippen molar-refractivity contribution in [3.05, 3.63) is 0 Å². The summed E-state index contributed by atoms with van der Waals surface area (Å²) in [5.41, 5.74) is 5.86. The quantitative estimate of drug-likeness (QED) is 0.853. The summed E-state index contributed by atoms with van der Waals surface area (Å²) in [6.07, 6.45) is 5.81. The molecule has 2 rings (SSSR count). The number of carbonyl (C=O) groups is 1. The Morgan fingerprint density at radius 1 is 1.20 bits per heavy atom. The average molecular weight is 281 g/mol. The van der Waals surface area contributed by atoms with Crippen molar-refractivity contribution in [3.63, 3.8) is 0 Å². The number of hydrogen-bond donors (Lipinski definition) is 1. The topological polar surface area (TPSA) is 49.6 Å². The van der Waals surface area contributed by atoms with Crippen molar-refractivity contribution in [1.29, 1.82) is 0 Å². The molecule has 4 nitrogen and oxygen atoms in total. The van der Waals surface area contributed by atoms with Gasteiger partial charge in [0.1, 0.15) is 0 Å². The summed E-state index contributed by atoms with van der Waals surface area (Å²) < 4.78 is 0. The first kappa shape index (κ1) is 15.8. The predicted molar refractivity (Wildman–Crippen MR) is 82.4 cm³/mol. The van der Waals surface area contributed by atoms with Crippen molar-refractivity contribution >= 4 is 5.91 Å². The molecule has 1 heterocycles. The Bertz CT molecular complexity index is 313.